The maximum atomic E-state index is 11.3. The first-order valence-electron chi connectivity index (χ1n) is 13.6. The molecular weight excluding hydrogens is 484 g/mol. The standard InChI is InChI=1S/C30H42N4O2.ClH/c1-33(21-25-5-9-27(10-6-25)29(31)35)17-13-23(14-18-33)3-4-24-15-19-34(2,20-16-24)22-26-7-11-28(12-8-26)30(32)36;/h5-12,23-24H,3-4,13-22H2,1-2H3,(H2-2,31,32,35,36);1H/p+1. The van der Waals surface area contributed by atoms with Crippen molar-refractivity contribution in [2.75, 3.05) is 40.3 Å². The summed E-state index contributed by atoms with van der Waals surface area (Å²) in [6.45, 7) is 6.98. The third-order valence-electron chi connectivity index (χ3n) is 8.90. The summed E-state index contributed by atoms with van der Waals surface area (Å²) in [4.78, 5) is 22.6. The SMILES string of the molecule is C[N+]1(Cc2ccc(C(N)=O)cc2)CCC(CCC2CC[N+](C)(Cc3ccc(C(N)=O)cc3)CC2)CC1.[Cl-]. The molecule has 2 amide bonds. The van der Waals surface area contributed by atoms with Crippen molar-refractivity contribution in [2.45, 2.75) is 51.6 Å². The number of nitrogens with zero attached hydrogens (tertiary/aromatic N) is 2. The zero-order valence-electron chi connectivity index (χ0n) is 22.5. The van der Waals surface area contributed by atoms with Gasteiger partial charge in [0.05, 0.1) is 40.3 Å². The van der Waals surface area contributed by atoms with Gasteiger partial charge in [-0.15, -0.1) is 0 Å². The quantitative estimate of drug-likeness (QED) is 0.478. The van der Waals surface area contributed by atoms with Gasteiger partial charge in [-0.25, -0.2) is 0 Å². The Kier molecular flexibility index (Phi) is 9.79. The number of nitrogens with two attached hydrogens (primary N) is 2. The summed E-state index contributed by atoms with van der Waals surface area (Å²) in [7, 11) is 4.75. The van der Waals surface area contributed by atoms with Crippen LogP contribution in [0.25, 0.3) is 0 Å². The van der Waals surface area contributed by atoms with Gasteiger partial charge in [0.25, 0.3) is 0 Å². The van der Waals surface area contributed by atoms with E-state index < -0.39 is 0 Å². The summed E-state index contributed by atoms with van der Waals surface area (Å²) >= 11 is 0. The van der Waals surface area contributed by atoms with E-state index in [2.05, 4.69) is 38.4 Å². The lowest BCUT2D eigenvalue weighted by atomic mass is 9.84. The highest BCUT2D eigenvalue weighted by Gasteiger charge is 2.33. The normalized spacial score (nSPS) is 27.7. The molecule has 6 nitrogen and oxygen atoms in total. The van der Waals surface area contributed by atoms with Gasteiger partial charge in [-0.3, -0.25) is 9.59 Å². The average Bonchev–Trinajstić information content (AvgIpc) is 2.85. The summed E-state index contributed by atoms with van der Waals surface area (Å²) in [6.07, 6.45) is 8.01. The van der Waals surface area contributed by atoms with Gasteiger partial charge in [0.15, 0.2) is 0 Å². The van der Waals surface area contributed by atoms with Crippen LogP contribution < -0.4 is 23.9 Å². The lowest BCUT2D eigenvalue weighted by Gasteiger charge is -2.42. The van der Waals surface area contributed by atoms with Crippen molar-refractivity contribution >= 4 is 11.8 Å². The predicted molar refractivity (Wildman–Crippen MR) is 144 cm³/mol. The first-order valence-corrected chi connectivity index (χ1v) is 13.6. The molecule has 4 rings (SSSR count). The highest BCUT2D eigenvalue weighted by Crippen LogP contribution is 2.32. The van der Waals surface area contributed by atoms with Gasteiger partial charge in [-0.1, -0.05) is 24.3 Å². The number of amides is 2. The number of piperidine rings is 2. The average molecular weight is 528 g/mol. The first-order chi connectivity index (χ1) is 17.1. The molecule has 7 heteroatoms. The summed E-state index contributed by atoms with van der Waals surface area (Å²) in [5.74, 6) is 1.00. The van der Waals surface area contributed by atoms with Crippen molar-refractivity contribution in [1.29, 1.82) is 0 Å². The molecule has 0 aliphatic carbocycles. The van der Waals surface area contributed by atoms with E-state index in [-0.39, 0.29) is 24.2 Å². The Morgan fingerprint density at radius 1 is 0.649 bits per heavy atom. The molecule has 0 radical (unpaired) electrons. The molecule has 2 aliphatic heterocycles. The van der Waals surface area contributed by atoms with E-state index in [4.69, 9.17) is 11.5 Å². The molecule has 0 saturated carbocycles. The molecule has 2 aromatic rings. The zero-order valence-corrected chi connectivity index (χ0v) is 23.3. The zero-order chi connectivity index (χ0) is 25.8. The highest BCUT2D eigenvalue weighted by molar-refractivity contribution is 5.93. The molecule has 2 fully saturated rings. The van der Waals surface area contributed by atoms with Gasteiger partial charge in [0, 0.05) is 22.3 Å². The van der Waals surface area contributed by atoms with Gasteiger partial charge in [-0.05, 0) is 74.6 Å². The summed E-state index contributed by atoms with van der Waals surface area (Å²) in [5.41, 5.74) is 14.5. The van der Waals surface area contributed by atoms with Crippen molar-refractivity contribution in [1.82, 2.24) is 0 Å². The van der Waals surface area contributed by atoms with Crippen LogP contribution in [0.2, 0.25) is 0 Å². The third-order valence-corrected chi connectivity index (χ3v) is 8.90. The van der Waals surface area contributed by atoms with E-state index >= 15 is 0 Å². The van der Waals surface area contributed by atoms with Gasteiger partial charge in [0.1, 0.15) is 13.1 Å². The summed E-state index contributed by atoms with van der Waals surface area (Å²) in [5, 5.41) is 0. The van der Waals surface area contributed by atoms with Gasteiger partial charge < -0.3 is 32.8 Å². The number of halogens is 1. The monoisotopic (exact) mass is 527 g/mol. The minimum absolute atomic E-state index is 0. The second-order valence-corrected chi connectivity index (χ2v) is 12.0. The number of hydrogen-bond acceptors (Lipinski definition) is 2. The molecule has 0 unspecified atom stereocenters. The Morgan fingerprint density at radius 3 is 1.22 bits per heavy atom. The number of benzene rings is 2. The van der Waals surface area contributed by atoms with Crippen LogP contribution in [0.4, 0.5) is 0 Å². The third kappa shape index (κ3) is 8.03. The van der Waals surface area contributed by atoms with E-state index in [1.807, 2.05) is 24.3 Å². The molecule has 202 valence electrons. The highest BCUT2D eigenvalue weighted by atomic mass is 35.5. The van der Waals surface area contributed by atoms with E-state index in [9.17, 15) is 9.59 Å². The number of primary amides is 2. The topological polar surface area (TPSA) is 86.2 Å². The number of hydrogen-bond donors (Lipinski definition) is 2. The Labute approximate surface area is 228 Å². The van der Waals surface area contributed by atoms with Crippen molar-refractivity contribution in [3.8, 4) is 0 Å². The first kappa shape index (κ1) is 29.2. The number of carbonyl (C=O) groups excluding carboxylic acids is 2. The molecule has 4 N–H and O–H groups in total. The van der Waals surface area contributed by atoms with Gasteiger partial charge in [-0.2, -0.15) is 0 Å². The fourth-order valence-electron chi connectivity index (χ4n) is 6.28. The Balaban J connectivity index is 0.00000380. The van der Waals surface area contributed by atoms with Crippen molar-refractivity contribution in [2.24, 2.45) is 23.3 Å². The fourth-order valence-corrected chi connectivity index (χ4v) is 6.28. The van der Waals surface area contributed by atoms with Crippen molar-refractivity contribution in [3.63, 3.8) is 0 Å². The van der Waals surface area contributed by atoms with E-state index in [0.29, 0.717) is 11.1 Å². The van der Waals surface area contributed by atoms with Crippen LogP contribution in [0.3, 0.4) is 0 Å². The molecule has 2 heterocycles. The molecule has 0 spiro atoms. The molecule has 0 atom stereocenters. The molecule has 37 heavy (non-hydrogen) atoms. The predicted octanol–water partition coefficient (Wildman–Crippen LogP) is 1.08. The van der Waals surface area contributed by atoms with Crippen LogP contribution in [0.1, 0.15) is 70.4 Å². The van der Waals surface area contributed by atoms with Crippen LogP contribution in [-0.4, -0.2) is 61.1 Å². The second kappa shape index (κ2) is 12.4. The minimum Gasteiger partial charge on any atom is -1.00 e. The largest absolute Gasteiger partial charge is 1.00 e. The molecule has 2 aliphatic rings. The van der Waals surface area contributed by atoms with E-state index in [1.54, 1.807) is 0 Å². The lowest BCUT2D eigenvalue weighted by molar-refractivity contribution is -0.928. The van der Waals surface area contributed by atoms with Crippen LogP contribution in [0.15, 0.2) is 48.5 Å². The Morgan fingerprint density at radius 2 is 0.946 bits per heavy atom. The number of quaternary nitrogens is 2. The molecule has 0 aromatic heterocycles. The van der Waals surface area contributed by atoms with Gasteiger partial charge in [0.2, 0.25) is 11.8 Å². The Hall–Kier alpha value is -2.41. The minimum atomic E-state index is -0.361. The van der Waals surface area contributed by atoms with Crippen LogP contribution in [-0.2, 0) is 13.1 Å². The van der Waals surface area contributed by atoms with Crippen LogP contribution in [0, 0.1) is 11.8 Å². The number of carbonyl (C=O) groups is 2. The van der Waals surface area contributed by atoms with Crippen LogP contribution >= 0.6 is 0 Å². The fraction of sp³-hybridized carbons (Fsp3) is 0.533. The second-order valence-electron chi connectivity index (χ2n) is 12.0. The van der Waals surface area contributed by atoms with Gasteiger partial charge >= 0.3 is 0 Å². The summed E-state index contributed by atoms with van der Waals surface area (Å²) in [6, 6.07) is 15.6. The molecule has 2 saturated heterocycles. The van der Waals surface area contributed by atoms with Crippen LogP contribution in [0.5, 0.6) is 0 Å². The van der Waals surface area contributed by atoms with Crippen molar-refractivity contribution < 1.29 is 31.0 Å². The smallest absolute Gasteiger partial charge is 0.248 e. The molecule has 0 bridgehead atoms. The Bertz CT molecular complexity index is 953. The molecule has 2 aromatic carbocycles. The maximum Gasteiger partial charge on any atom is 0.248 e. The van der Waals surface area contributed by atoms with Crippen molar-refractivity contribution in [3.05, 3.63) is 70.8 Å². The van der Waals surface area contributed by atoms with E-state index in [1.165, 1.54) is 75.8 Å². The maximum absolute atomic E-state index is 11.3. The molecular formula is C30H44ClN4O2+. The number of rotatable bonds is 9. The lowest BCUT2D eigenvalue weighted by Crippen LogP contribution is -3.00. The number of likely N-dealkylation sites (tertiary alicyclic amines) is 2. The van der Waals surface area contributed by atoms with E-state index in [0.717, 1.165) is 33.9 Å². The summed E-state index contributed by atoms with van der Waals surface area (Å²) < 4.78 is 2.18.